The highest BCUT2D eigenvalue weighted by Gasteiger charge is 2.20. The van der Waals surface area contributed by atoms with Gasteiger partial charge in [-0.05, 0) is 19.2 Å². The first-order chi connectivity index (χ1) is 9.20. The molecular weight excluding hydrogens is 302 g/mol. The third-order valence-corrected chi connectivity index (χ3v) is 5.88. The molecule has 114 valence electrons. The van der Waals surface area contributed by atoms with E-state index in [1.54, 1.807) is 18.2 Å². The summed E-state index contributed by atoms with van der Waals surface area (Å²) in [7, 11) is -2.68. The summed E-state index contributed by atoms with van der Waals surface area (Å²) in [5.74, 6) is -0.139. The van der Waals surface area contributed by atoms with Crippen LogP contribution in [0.25, 0.3) is 0 Å². The minimum absolute atomic E-state index is 0.114. The molecule has 0 aliphatic carbocycles. The summed E-state index contributed by atoms with van der Waals surface area (Å²) in [4.78, 5) is 0.117. The smallest absolute Gasteiger partial charge is 0.244 e. The van der Waals surface area contributed by atoms with E-state index in [1.165, 1.54) is 27.2 Å². The molecule has 0 saturated heterocycles. The fourth-order valence-corrected chi connectivity index (χ4v) is 3.09. The number of sulfonamides is 2. The third-order valence-electron chi connectivity index (χ3n) is 2.64. The van der Waals surface area contributed by atoms with Crippen molar-refractivity contribution in [2.45, 2.75) is 4.90 Å². The van der Waals surface area contributed by atoms with Gasteiger partial charge in [0.05, 0.1) is 11.4 Å². The zero-order valence-corrected chi connectivity index (χ0v) is 13.3. The normalized spacial score (nSPS) is 12.6. The van der Waals surface area contributed by atoms with Crippen molar-refractivity contribution in [3.05, 3.63) is 24.3 Å². The Morgan fingerprint density at radius 3 is 2.25 bits per heavy atom. The predicted octanol–water partition coefficient (Wildman–Crippen LogP) is -0.102. The predicted molar refractivity (Wildman–Crippen MR) is 78.7 cm³/mol. The van der Waals surface area contributed by atoms with E-state index in [0.717, 1.165) is 4.31 Å². The Bertz CT molecular complexity index is 654. The second kappa shape index (κ2) is 6.53. The molecule has 0 heterocycles. The molecule has 1 aromatic carbocycles. The van der Waals surface area contributed by atoms with Crippen molar-refractivity contribution in [2.75, 3.05) is 38.8 Å². The van der Waals surface area contributed by atoms with Crippen LogP contribution in [0.4, 0.5) is 5.69 Å². The standard InChI is InChI=1S/C11H19N3O4S2/c1-12-19(15,16)9-8-13-10-6-4-5-7-11(10)20(17,18)14(2)3/h4-7,12-13H,8-9H2,1-3H3. The Morgan fingerprint density at radius 2 is 1.70 bits per heavy atom. The van der Waals surface area contributed by atoms with Crippen LogP contribution in [0.15, 0.2) is 29.2 Å². The second-order valence-electron chi connectivity index (χ2n) is 4.23. The molecule has 0 amide bonds. The molecule has 0 aromatic heterocycles. The average molecular weight is 321 g/mol. The lowest BCUT2D eigenvalue weighted by Crippen LogP contribution is -2.27. The summed E-state index contributed by atoms with van der Waals surface area (Å²) < 4.78 is 50.2. The fourth-order valence-electron chi connectivity index (χ4n) is 1.46. The van der Waals surface area contributed by atoms with Crippen LogP contribution < -0.4 is 10.0 Å². The van der Waals surface area contributed by atoms with E-state index in [-0.39, 0.29) is 17.2 Å². The van der Waals surface area contributed by atoms with Crippen LogP contribution in [0.1, 0.15) is 0 Å². The maximum absolute atomic E-state index is 12.1. The van der Waals surface area contributed by atoms with E-state index in [2.05, 4.69) is 10.0 Å². The molecule has 1 rings (SSSR count). The largest absolute Gasteiger partial charge is 0.383 e. The Kier molecular flexibility index (Phi) is 5.51. The first-order valence-corrected chi connectivity index (χ1v) is 8.96. The zero-order chi connectivity index (χ0) is 15.4. The molecule has 0 spiro atoms. The van der Waals surface area contributed by atoms with Gasteiger partial charge in [-0.2, -0.15) is 0 Å². The summed E-state index contributed by atoms with van der Waals surface area (Å²) in [6.45, 7) is 0.114. The SMILES string of the molecule is CNS(=O)(=O)CCNc1ccccc1S(=O)(=O)N(C)C. The molecule has 0 unspecified atom stereocenters. The highest BCUT2D eigenvalue weighted by molar-refractivity contribution is 7.89. The summed E-state index contributed by atoms with van der Waals surface area (Å²) in [5, 5.41) is 2.84. The number of para-hydroxylation sites is 1. The van der Waals surface area contributed by atoms with Crippen molar-refractivity contribution in [3.63, 3.8) is 0 Å². The van der Waals surface area contributed by atoms with Crippen molar-refractivity contribution in [1.82, 2.24) is 9.03 Å². The number of hydrogen-bond acceptors (Lipinski definition) is 5. The van der Waals surface area contributed by atoms with Crippen LogP contribution >= 0.6 is 0 Å². The van der Waals surface area contributed by atoms with Gasteiger partial charge >= 0.3 is 0 Å². The van der Waals surface area contributed by atoms with Crippen molar-refractivity contribution in [2.24, 2.45) is 0 Å². The molecule has 0 fully saturated rings. The monoisotopic (exact) mass is 321 g/mol. The van der Waals surface area contributed by atoms with Crippen molar-refractivity contribution in [3.8, 4) is 0 Å². The Morgan fingerprint density at radius 1 is 1.10 bits per heavy atom. The van der Waals surface area contributed by atoms with E-state index in [0.29, 0.717) is 5.69 Å². The summed E-state index contributed by atoms with van der Waals surface area (Å²) >= 11 is 0. The van der Waals surface area contributed by atoms with Gasteiger partial charge in [-0.1, -0.05) is 12.1 Å². The number of anilines is 1. The van der Waals surface area contributed by atoms with Gasteiger partial charge in [-0.3, -0.25) is 0 Å². The molecule has 0 bridgehead atoms. The highest BCUT2D eigenvalue weighted by atomic mass is 32.2. The van der Waals surface area contributed by atoms with Gasteiger partial charge in [0.15, 0.2) is 0 Å². The minimum Gasteiger partial charge on any atom is -0.383 e. The van der Waals surface area contributed by atoms with E-state index in [1.807, 2.05) is 0 Å². The van der Waals surface area contributed by atoms with Crippen LogP contribution in [-0.2, 0) is 20.0 Å². The highest BCUT2D eigenvalue weighted by Crippen LogP contribution is 2.22. The van der Waals surface area contributed by atoms with Crippen LogP contribution in [0, 0.1) is 0 Å². The molecule has 7 nitrogen and oxygen atoms in total. The summed E-state index contributed by atoms with van der Waals surface area (Å²) in [5.41, 5.74) is 0.382. The van der Waals surface area contributed by atoms with Crippen LogP contribution in [0.2, 0.25) is 0 Å². The molecule has 2 N–H and O–H groups in total. The van der Waals surface area contributed by atoms with Gasteiger partial charge in [0.1, 0.15) is 4.90 Å². The van der Waals surface area contributed by atoms with Crippen molar-refractivity contribution in [1.29, 1.82) is 0 Å². The van der Waals surface area contributed by atoms with Crippen LogP contribution in [0.5, 0.6) is 0 Å². The lowest BCUT2D eigenvalue weighted by atomic mass is 10.3. The minimum atomic E-state index is -3.57. The Labute approximate surface area is 120 Å². The first-order valence-electron chi connectivity index (χ1n) is 5.87. The molecule has 0 atom stereocenters. The van der Waals surface area contributed by atoms with Crippen LogP contribution in [0.3, 0.4) is 0 Å². The van der Waals surface area contributed by atoms with Crippen molar-refractivity contribution < 1.29 is 16.8 Å². The lowest BCUT2D eigenvalue weighted by Gasteiger charge is -2.16. The number of hydrogen-bond donors (Lipinski definition) is 2. The maximum Gasteiger partial charge on any atom is 0.244 e. The summed E-state index contributed by atoms with van der Waals surface area (Å²) in [6.07, 6.45) is 0. The average Bonchev–Trinajstić information content (AvgIpc) is 2.39. The van der Waals surface area contributed by atoms with Gasteiger partial charge in [-0.15, -0.1) is 0 Å². The number of nitrogens with zero attached hydrogens (tertiary/aromatic N) is 1. The van der Waals surface area contributed by atoms with Gasteiger partial charge in [0.25, 0.3) is 0 Å². The molecule has 0 radical (unpaired) electrons. The third kappa shape index (κ3) is 4.17. The van der Waals surface area contributed by atoms with E-state index in [4.69, 9.17) is 0 Å². The van der Waals surface area contributed by atoms with Gasteiger partial charge in [0.2, 0.25) is 20.0 Å². The topological polar surface area (TPSA) is 95.6 Å². The Hall–Kier alpha value is -1.16. The van der Waals surface area contributed by atoms with Crippen LogP contribution in [-0.4, -0.2) is 54.6 Å². The van der Waals surface area contributed by atoms with Gasteiger partial charge in [-0.25, -0.2) is 25.9 Å². The number of nitrogens with one attached hydrogen (secondary N) is 2. The Balaban J connectivity index is 2.93. The maximum atomic E-state index is 12.1. The van der Waals surface area contributed by atoms with E-state index in [9.17, 15) is 16.8 Å². The lowest BCUT2D eigenvalue weighted by molar-refractivity contribution is 0.521. The van der Waals surface area contributed by atoms with E-state index < -0.39 is 20.0 Å². The first kappa shape index (κ1) is 16.9. The number of benzene rings is 1. The number of rotatable bonds is 7. The molecule has 0 saturated carbocycles. The fraction of sp³-hybridized carbons (Fsp3) is 0.455. The molecule has 20 heavy (non-hydrogen) atoms. The van der Waals surface area contributed by atoms with E-state index >= 15 is 0 Å². The van der Waals surface area contributed by atoms with Crippen molar-refractivity contribution >= 4 is 25.7 Å². The molecule has 1 aromatic rings. The van der Waals surface area contributed by atoms with Gasteiger partial charge in [0, 0.05) is 20.6 Å². The molecule has 0 aliphatic heterocycles. The van der Waals surface area contributed by atoms with Gasteiger partial charge < -0.3 is 5.32 Å². The molecule has 0 aliphatic rings. The molecule has 9 heteroatoms. The quantitative estimate of drug-likeness (QED) is 0.731. The molecular formula is C11H19N3O4S2. The zero-order valence-electron chi connectivity index (χ0n) is 11.6. The summed E-state index contributed by atoms with van der Waals surface area (Å²) in [6, 6.07) is 6.38. The second-order valence-corrected chi connectivity index (χ2v) is 8.40.